The van der Waals surface area contributed by atoms with Crippen LogP contribution in [0.5, 0.6) is 0 Å². The van der Waals surface area contributed by atoms with Gasteiger partial charge in [-0.05, 0) is 68.3 Å². The minimum absolute atomic E-state index is 0. The maximum absolute atomic E-state index is 12.9. The zero-order valence-corrected chi connectivity index (χ0v) is 18.0. The normalized spacial score (nSPS) is 19.3. The van der Waals surface area contributed by atoms with Crippen molar-refractivity contribution in [1.82, 2.24) is 15.5 Å². The lowest BCUT2D eigenvalue weighted by molar-refractivity contribution is -0.136. The van der Waals surface area contributed by atoms with Gasteiger partial charge in [0.25, 0.3) is 0 Å². The molecule has 162 valence electrons. The van der Waals surface area contributed by atoms with E-state index in [0.29, 0.717) is 50.7 Å². The number of rotatable bonds is 6. The molecule has 0 bridgehead atoms. The van der Waals surface area contributed by atoms with Gasteiger partial charge in [0.05, 0.1) is 0 Å². The van der Waals surface area contributed by atoms with Gasteiger partial charge >= 0.3 is 0 Å². The third-order valence-corrected chi connectivity index (χ3v) is 6.28. The van der Waals surface area contributed by atoms with Crippen molar-refractivity contribution in [1.29, 1.82) is 0 Å². The molecule has 7 heteroatoms. The number of likely N-dealkylation sites (tertiary alicyclic amines) is 1. The van der Waals surface area contributed by atoms with E-state index in [4.69, 9.17) is 0 Å². The van der Waals surface area contributed by atoms with Crippen LogP contribution in [-0.4, -0.2) is 42.9 Å². The van der Waals surface area contributed by atoms with Crippen molar-refractivity contribution in [2.24, 2.45) is 17.8 Å². The van der Waals surface area contributed by atoms with Crippen LogP contribution in [-0.2, 0) is 16.1 Å². The molecule has 1 aromatic carbocycles. The Labute approximate surface area is 179 Å². The molecule has 2 N–H and O–H groups in total. The van der Waals surface area contributed by atoms with Gasteiger partial charge in [-0.25, -0.2) is 4.39 Å². The van der Waals surface area contributed by atoms with Crippen LogP contribution in [0.1, 0.15) is 44.6 Å². The van der Waals surface area contributed by atoms with E-state index in [9.17, 15) is 14.0 Å². The van der Waals surface area contributed by atoms with E-state index >= 15 is 0 Å². The molecule has 0 spiro atoms. The highest BCUT2D eigenvalue weighted by molar-refractivity contribution is 5.85. The fourth-order valence-electron chi connectivity index (χ4n) is 4.31. The Morgan fingerprint density at radius 3 is 2.38 bits per heavy atom. The third-order valence-electron chi connectivity index (χ3n) is 6.28. The standard InChI is InChI=1S/C22H32FN3O2.ClH/c1-16(18-6-10-24-11-7-18)14-21(27)26-12-8-19(9-13-26)22(28)25-15-17-2-4-20(23)5-3-17;/h2-5,16,18-19,24H,6-15H2,1H3,(H,25,28);1H. The van der Waals surface area contributed by atoms with Crippen LogP contribution < -0.4 is 10.6 Å². The molecule has 0 saturated carbocycles. The number of piperidine rings is 2. The van der Waals surface area contributed by atoms with Crippen molar-refractivity contribution in [2.75, 3.05) is 26.2 Å². The van der Waals surface area contributed by atoms with Gasteiger partial charge in [0.2, 0.25) is 11.8 Å². The van der Waals surface area contributed by atoms with Gasteiger partial charge in [-0.15, -0.1) is 12.4 Å². The molecular weight excluding hydrogens is 393 g/mol. The van der Waals surface area contributed by atoms with E-state index in [2.05, 4.69) is 17.6 Å². The Hall–Kier alpha value is -1.66. The summed E-state index contributed by atoms with van der Waals surface area (Å²) in [7, 11) is 0. The average molecular weight is 426 g/mol. The van der Waals surface area contributed by atoms with Crippen LogP contribution in [0.3, 0.4) is 0 Å². The first-order valence-corrected chi connectivity index (χ1v) is 10.5. The molecule has 1 atom stereocenters. The van der Waals surface area contributed by atoms with Crippen molar-refractivity contribution in [3.63, 3.8) is 0 Å². The summed E-state index contributed by atoms with van der Waals surface area (Å²) < 4.78 is 12.9. The van der Waals surface area contributed by atoms with Crippen LogP contribution in [0.15, 0.2) is 24.3 Å². The Morgan fingerprint density at radius 2 is 1.76 bits per heavy atom. The number of nitrogens with one attached hydrogen (secondary N) is 2. The molecule has 2 aliphatic rings. The van der Waals surface area contributed by atoms with Gasteiger partial charge in [0.1, 0.15) is 5.82 Å². The SMILES string of the molecule is CC(CC(=O)N1CCC(C(=O)NCc2ccc(F)cc2)CC1)C1CCNCC1.Cl. The summed E-state index contributed by atoms with van der Waals surface area (Å²) in [6, 6.07) is 6.16. The van der Waals surface area contributed by atoms with E-state index in [1.807, 2.05) is 4.90 Å². The summed E-state index contributed by atoms with van der Waals surface area (Å²) in [4.78, 5) is 27.0. The van der Waals surface area contributed by atoms with Gasteiger partial charge in [0, 0.05) is 32.0 Å². The van der Waals surface area contributed by atoms with E-state index in [1.165, 1.54) is 12.1 Å². The molecule has 29 heavy (non-hydrogen) atoms. The Bertz CT molecular complexity index is 657. The molecule has 2 saturated heterocycles. The van der Waals surface area contributed by atoms with Crippen LogP contribution >= 0.6 is 12.4 Å². The number of carbonyl (C=O) groups excluding carboxylic acids is 2. The number of halogens is 2. The summed E-state index contributed by atoms with van der Waals surface area (Å²) >= 11 is 0. The van der Waals surface area contributed by atoms with Crippen LogP contribution in [0.4, 0.5) is 4.39 Å². The summed E-state index contributed by atoms with van der Waals surface area (Å²) in [5.41, 5.74) is 0.884. The van der Waals surface area contributed by atoms with Gasteiger partial charge in [-0.2, -0.15) is 0 Å². The van der Waals surface area contributed by atoms with Crippen molar-refractivity contribution in [3.05, 3.63) is 35.6 Å². The lowest BCUT2D eigenvalue weighted by Gasteiger charge is -2.34. The van der Waals surface area contributed by atoms with Gasteiger partial charge in [-0.3, -0.25) is 9.59 Å². The topological polar surface area (TPSA) is 61.4 Å². The summed E-state index contributed by atoms with van der Waals surface area (Å²) in [5, 5.41) is 6.31. The first kappa shape index (κ1) is 23.6. The Morgan fingerprint density at radius 1 is 1.14 bits per heavy atom. The lowest BCUT2D eigenvalue weighted by atomic mass is 9.83. The van der Waals surface area contributed by atoms with Crippen molar-refractivity contribution >= 4 is 24.2 Å². The first-order chi connectivity index (χ1) is 13.5. The maximum Gasteiger partial charge on any atom is 0.223 e. The van der Waals surface area contributed by atoms with E-state index in [0.717, 1.165) is 31.5 Å². The van der Waals surface area contributed by atoms with Crippen LogP contribution in [0, 0.1) is 23.6 Å². The molecule has 2 fully saturated rings. The van der Waals surface area contributed by atoms with Crippen molar-refractivity contribution in [2.45, 2.75) is 45.6 Å². The van der Waals surface area contributed by atoms with Gasteiger partial charge in [0.15, 0.2) is 0 Å². The summed E-state index contributed by atoms with van der Waals surface area (Å²) in [6.07, 6.45) is 4.35. The van der Waals surface area contributed by atoms with Gasteiger partial charge in [-0.1, -0.05) is 19.1 Å². The molecular formula is C22H33ClFN3O2. The van der Waals surface area contributed by atoms with Gasteiger partial charge < -0.3 is 15.5 Å². The molecule has 2 heterocycles. The predicted octanol–water partition coefficient (Wildman–Crippen LogP) is 3.13. The number of nitrogens with zero attached hydrogens (tertiary/aromatic N) is 1. The molecule has 2 amide bonds. The molecule has 0 aromatic heterocycles. The summed E-state index contributed by atoms with van der Waals surface area (Å²) in [6.45, 7) is 6.04. The molecule has 1 aromatic rings. The number of amides is 2. The monoisotopic (exact) mass is 425 g/mol. The quantitative estimate of drug-likeness (QED) is 0.736. The Kier molecular flexibility index (Phi) is 9.37. The average Bonchev–Trinajstić information content (AvgIpc) is 2.73. The second-order valence-electron chi connectivity index (χ2n) is 8.27. The third kappa shape index (κ3) is 6.96. The molecule has 3 rings (SSSR count). The molecule has 0 aliphatic carbocycles. The van der Waals surface area contributed by atoms with E-state index in [1.54, 1.807) is 12.1 Å². The molecule has 0 radical (unpaired) electrons. The van der Waals surface area contributed by atoms with E-state index < -0.39 is 0 Å². The Balaban J connectivity index is 0.00000300. The smallest absolute Gasteiger partial charge is 0.223 e. The highest BCUT2D eigenvalue weighted by atomic mass is 35.5. The highest BCUT2D eigenvalue weighted by Crippen LogP contribution is 2.26. The number of hydrogen-bond donors (Lipinski definition) is 2. The molecule has 5 nitrogen and oxygen atoms in total. The maximum atomic E-state index is 12.9. The predicted molar refractivity (Wildman–Crippen MR) is 114 cm³/mol. The molecule has 2 aliphatic heterocycles. The zero-order valence-electron chi connectivity index (χ0n) is 17.2. The fraction of sp³-hybridized carbons (Fsp3) is 0.636. The number of carbonyl (C=O) groups is 2. The second-order valence-corrected chi connectivity index (χ2v) is 8.27. The second kappa shape index (κ2) is 11.5. The number of benzene rings is 1. The van der Waals surface area contributed by atoms with Crippen molar-refractivity contribution in [3.8, 4) is 0 Å². The van der Waals surface area contributed by atoms with Crippen LogP contribution in [0.25, 0.3) is 0 Å². The van der Waals surface area contributed by atoms with Crippen LogP contribution in [0.2, 0.25) is 0 Å². The number of hydrogen-bond acceptors (Lipinski definition) is 3. The fourth-order valence-corrected chi connectivity index (χ4v) is 4.31. The molecule has 1 unspecified atom stereocenters. The van der Waals surface area contributed by atoms with E-state index in [-0.39, 0.29) is 36.0 Å². The minimum Gasteiger partial charge on any atom is -0.352 e. The largest absolute Gasteiger partial charge is 0.352 e. The highest BCUT2D eigenvalue weighted by Gasteiger charge is 2.29. The minimum atomic E-state index is -0.276. The first-order valence-electron chi connectivity index (χ1n) is 10.5. The lowest BCUT2D eigenvalue weighted by Crippen LogP contribution is -2.43. The zero-order chi connectivity index (χ0) is 19.9. The summed E-state index contributed by atoms with van der Waals surface area (Å²) in [5.74, 6) is 0.995. The van der Waals surface area contributed by atoms with Crippen molar-refractivity contribution < 1.29 is 14.0 Å².